The molecule has 168 valence electrons. The van der Waals surface area contributed by atoms with Crippen molar-refractivity contribution >= 4 is 40.6 Å². The van der Waals surface area contributed by atoms with Crippen LogP contribution in [0.15, 0.2) is 77.7 Å². The lowest BCUT2D eigenvalue weighted by atomic mass is 10.1. The second kappa shape index (κ2) is 10.6. The highest BCUT2D eigenvalue weighted by atomic mass is 35.5. The van der Waals surface area contributed by atoms with Crippen molar-refractivity contribution in [3.05, 3.63) is 99.7 Å². The van der Waals surface area contributed by atoms with Crippen molar-refractivity contribution in [1.29, 1.82) is 0 Å². The molecule has 1 aliphatic rings. The Morgan fingerprint density at radius 2 is 1.61 bits per heavy atom. The van der Waals surface area contributed by atoms with Crippen LogP contribution >= 0.6 is 23.4 Å². The number of hydrogen-bond acceptors (Lipinski definition) is 5. The summed E-state index contributed by atoms with van der Waals surface area (Å²) >= 11 is 6.93. The number of hydrogen-bond donors (Lipinski definition) is 0. The largest absolute Gasteiger partial charge is 0.490 e. The molecular formula is C25H19ClFNO4S. The van der Waals surface area contributed by atoms with Gasteiger partial charge < -0.3 is 9.47 Å². The number of imide groups is 1. The summed E-state index contributed by atoms with van der Waals surface area (Å²) in [7, 11) is 0. The van der Waals surface area contributed by atoms with Gasteiger partial charge in [-0.1, -0.05) is 54.1 Å². The minimum Gasteiger partial charge on any atom is -0.490 e. The summed E-state index contributed by atoms with van der Waals surface area (Å²) in [6, 6.07) is 20.2. The number of benzene rings is 3. The highest BCUT2D eigenvalue weighted by Gasteiger charge is 2.35. The Morgan fingerprint density at radius 1 is 0.909 bits per heavy atom. The van der Waals surface area contributed by atoms with Crippen LogP contribution < -0.4 is 9.47 Å². The van der Waals surface area contributed by atoms with Gasteiger partial charge in [0.25, 0.3) is 11.1 Å². The predicted molar refractivity (Wildman–Crippen MR) is 127 cm³/mol. The van der Waals surface area contributed by atoms with Crippen LogP contribution in [0.3, 0.4) is 0 Å². The number of carbonyl (C=O) groups is 2. The maximum atomic E-state index is 13.1. The lowest BCUT2D eigenvalue weighted by molar-refractivity contribution is -0.123. The number of ether oxygens (including phenoxy) is 2. The molecule has 0 N–H and O–H groups in total. The molecule has 1 saturated heterocycles. The SMILES string of the molecule is O=C1S/C(=C\c2ccccc2OCc2ccc(F)cc2)C(=O)N1CCOc1ccccc1Cl. The van der Waals surface area contributed by atoms with Crippen LogP contribution in [0.4, 0.5) is 9.18 Å². The van der Waals surface area contributed by atoms with E-state index in [4.69, 9.17) is 21.1 Å². The molecule has 0 unspecified atom stereocenters. The zero-order valence-corrected chi connectivity index (χ0v) is 18.9. The van der Waals surface area contributed by atoms with Gasteiger partial charge >= 0.3 is 0 Å². The van der Waals surface area contributed by atoms with Gasteiger partial charge in [0.05, 0.1) is 16.5 Å². The topological polar surface area (TPSA) is 55.8 Å². The van der Waals surface area contributed by atoms with Gasteiger partial charge in [-0.15, -0.1) is 0 Å². The standard InChI is InChI=1S/C25H19ClFNO4S/c26-20-6-2-4-8-22(20)31-14-13-28-24(29)23(33-25(28)30)15-18-5-1-3-7-21(18)32-16-17-9-11-19(27)12-10-17/h1-12,15H,13-14,16H2/b23-15-. The van der Waals surface area contributed by atoms with Gasteiger partial charge in [0.1, 0.15) is 30.5 Å². The van der Waals surface area contributed by atoms with Crippen molar-refractivity contribution in [3.63, 3.8) is 0 Å². The molecule has 0 saturated carbocycles. The van der Waals surface area contributed by atoms with Crippen LogP contribution in [0, 0.1) is 5.82 Å². The van der Waals surface area contributed by atoms with Crippen molar-refractivity contribution in [1.82, 2.24) is 4.90 Å². The lowest BCUT2D eigenvalue weighted by Gasteiger charge is -2.14. The minimum absolute atomic E-state index is 0.107. The summed E-state index contributed by atoms with van der Waals surface area (Å²) in [5, 5.41) is 0.0995. The zero-order valence-electron chi connectivity index (χ0n) is 17.4. The second-order valence-corrected chi connectivity index (χ2v) is 8.47. The first kappa shape index (κ1) is 22.9. The number of halogens is 2. The van der Waals surface area contributed by atoms with Gasteiger partial charge in [-0.25, -0.2) is 4.39 Å². The zero-order chi connectivity index (χ0) is 23.2. The minimum atomic E-state index is -0.388. The number of amides is 2. The first-order chi connectivity index (χ1) is 16.0. The smallest absolute Gasteiger partial charge is 0.293 e. The van der Waals surface area contributed by atoms with Crippen LogP contribution in [-0.4, -0.2) is 29.2 Å². The van der Waals surface area contributed by atoms with Crippen LogP contribution in [0.1, 0.15) is 11.1 Å². The van der Waals surface area contributed by atoms with Gasteiger partial charge in [-0.05, 0) is 53.7 Å². The van der Waals surface area contributed by atoms with E-state index in [0.29, 0.717) is 27.0 Å². The van der Waals surface area contributed by atoms with Crippen LogP contribution in [-0.2, 0) is 11.4 Å². The summed E-state index contributed by atoms with van der Waals surface area (Å²) in [5.41, 5.74) is 1.47. The van der Waals surface area contributed by atoms with Gasteiger partial charge in [0.15, 0.2) is 0 Å². The molecule has 3 aromatic rings. The fraction of sp³-hybridized carbons (Fsp3) is 0.120. The number of nitrogens with zero attached hydrogens (tertiary/aromatic N) is 1. The van der Waals surface area contributed by atoms with Crippen LogP contribution in [0.5, 0.6) is 11.5 Å². The molecule has 0 aromatic heterocycles. The normalized spacial score (nSPS) is 14.7. The highest BCUT2D eigenvalue weighted by Crippen LogP contribution is 2.34. The van der Waals surface area contributed by atoms with E-state index in [9.17, 15) is 14.0 Å². The van der Waals surface area contributed by atoms with Crippen molar-refractivity contribution in [2.24, 2.45) is 0 Å². The molecule has 5 nitrogen and oxygen atoms in total. The van der Waals surface area contributed by atoms with Crippen LogP contribution in [0.25, 0.3) is 6.08 Å². The summed E-state index contributed by atoms with van der Waals surface area (Å²) < 4.78 is 24.6. The third-order valence-electron chi connectivity index (χ3n) is 4.80. The van der Waals surface area contributed by atoms with E-state index in [1.165, 1.54) is 12.1 Å². The fourth-order valence-electron chi connectivity index (χ4n) is 3.12. The molecule has 0 atom stereocenters. The predicted octanol–water partition coefficient (Wildman–Crippen LogP) is 6.17. The van der Waals surface area contributed by atoms with Gasteiger partial charge in [0.2, 0.25) is 0 Å². The van der Waals surface area contributed by atoms with Gasteiger partial charge in [0, 0.05) is 5.56 Å². The molecule has 0 bridgehead atoms. The summed E-state index contributed by atoms with van der Waals surface area (Å²) in [6.45, 7) is 0.481. The average molecular weight is 484 g/mol. The summed E-state index contributed by atoms with van der Waals surface area (Å²) in [4.78, 5) is 26.7. The summed E-state index contributed by atoms with van der Waals surface area (Å²) in [5.74, 6) is 0.345. The first-order valence-electron chi connectivity index (χ1n) is 10.1. The Hall–Kier alpha value is -3.29. The Labute approximate surface area is 199 Å². The van der Waals surface area contributed by atoms with E-state index >= 15 is 0 Å². The maximum absolute atomic E-state index is 13.1. The first-order valence-corrected chi connectivity index (χ1v) is 11.3. The molecule has 0 aliphatic carbocycles. The lowest BCUT2D eigenvalue weighted by Crippen LogP contribution is -2.32. The van der Waals surface area contributed by atoms with Gasteiger partial charge in [-0.3, -0.25) is 14.5 Å². The molecule has 33 heavy (non-hydrogen) atoms. The van der Waals surface area contributed by atoms with Gasteiger partial charge in [-0.2, -0.15) is 0 Å². The van der Waals surface area contributed by atoms with E-state index in [1.54, 1.807) is 54.6 Å². The molecule has 3 aromatic carbocycles. The Kier molecular flexibility index (Phi) is 7.32. The molecule has 4 rings (SSSR count). The molecule has 2 amide bonds. The fourth-order valence-corrected chi connectivity index (χ4v) is 4.16. The van der Waals surface area contributed by atoms with E-state index in [0.717, 1.165) is 22.2 Å². The number of para-hydroxylation sites is 2. The van der Waals surface area contributed by atoms with Crippen molar-refractivity contribution in [3.8, 4) is 11.5 Å². The summed E-state index contributed by atoms with van der Waals surface area (Å²) in [6.07, 6.45) is 1.64. The quantitative estimate of drug-likeness (QED) is 0.358. The number of rotatable bonds is 8. The maximum Gasteiger partial charge on any atom is 0.293 e. The third-order valence-corrected chi connectivity index (χ3v) is 6.02. The molecule has 1 aliphatic heterocycles. The van der Waals surface area contributed by atoms with Crippen LogP contribution in [0.2, 0.25) is 5.02 Å². The average Bonchev–Trinajstić information content (AvgIpc) is 3.08. The van der Waals surface area contributed by atoms with E-state index in [-0.39, 0.29) is 36.7 Å². The number of carbonyl (C=O) groups excluding carboxylic acids is 2. The third kappa shape index (κ3) is 5.74. The van der Waals surface area contributed by atoms with E-state index in [2.05, 4.69) is 0 Å². The molecule has 8 heteroatoms. The van der Waals surface area contributed by atoms with Crippen molar-refractivity contribution < 1.29 is 23.5 Å². The Balaban J connectivity index is 1.41. The second-order valence-electron chi connectivity index (χ2n) is 7.07. The van der Waals surface area contributed by atoms with E-state index in [1.807, 2.05) is 12.1 Å². The monoisotopic (exact) mass is 483 g/mol. The molecular weight excluding hydrogens is 465 g/mol. The van der Waals surface area contributed by atoms with Crippen molar-refractivity contribution in [2.45, 2.75) is 6.61 Å². The van der Waals surface area contributed by atoms with E-state index < -0.39 is 0 Å². The molecule has 1 heterocycles. The molecule has 0 radical (unpaired) electrons. The molecule has 1 fully saturated rings. The Bertz CT molecular complexity index is 1200. The Morgan fingerprint density at radius 3 is 2.36 bits per heavy atom. The highest BCUT2D eigenvalue weighted by molar-refractivity contribution is 8.18. The molecule has 0 spiro atoms. The number of thioether (sulfide) groups is 1. The van der Waals surface area contributed by atoms with Crippen molar-refractivity contribution in [2.75, 3.05) is 13.2 Å².